The molecule has 1 atom stereocenters. The van der Waals surface area contributed by atoms with Crippen molar-refractivity contribution in [2.45, 2.75) is 32.4 Å². The Morgan fingerprint density at radius 3 is 2.75 bits per heavy atom. The number of carbonyl (C=O) groups is 2. The average molecular weight is 326 g/mol. The molecule has 0 saturated carbocycles. The topological polar surface area (TPSA) is 49.4 Å². The van der Waals surface area contributed by atoms with Crippen molar-refractivity contribution >= 4 is 17.5 Å². The predicted molar refractivity (Wildman–Crippen MR) is 90.0 cm³/mol. The molecule has 1 N–H and O–H groups in total. The lowest BCUT2D eigenvalue weighted by atomic mass is 10.1. The van der Waals surface area contributed by atoms with E-state index in [0.29, 0.717) is 18.4 Å². The van der Waals surface area contributed by atoms with Gasteiger partial charge in [-0.05, 0) is 29.3 Å². The first-order valence-corrected chi connectivity index (χ1v) is 8.02. The summed E-state index contributed by atoms with van der Waals surface area (Å²) in [6.45, 7) is 2.02. The van der Waals surface area contributed by atoms with E-state index in [1.54, 1.807) is 24.0 Å². The van der Waals surface area contributed by atoms with Crippen LogP contribution in [0.1, 0.15) is 24.5 Å². The Morgan fingerprint density at radius 2 is 2.00 bits per heavy atom. The molecule has 124 valence electrons. The highest BCUT2D eigenvalue weighted by Crippen LogP contribution is 2.32. The number of benzene rings is 2. The third kappa shape index (κ3) is 3.15. The van der Waals surface area contributed by atoms with Crippen LogP contribution in [0, 0.1) is 5.82 Å². The molecule has 4 nitrogen and oxygen atoms in total. The molecule has 2 amide bonds. The maximum Gasteiger partial charge on any atom is 0.243 e. The van der Waals surface area contributed by atoms with Crippen molar-refractivity contribution in [3.05, 3.63) is 65.5 Å². The van der Waals surface area contributed by atoms with Gasteiger partial charge < -0.3 is 5.32 Å². The van der Waals surface area contributed by atoms with Gasteiger partial charge >= 0.3 is 0 Å². The molecule has 2 aromatic carbocycles. The van der Waals surface area contributed by atoms with Crippen LogP contribution in [-0.4, -0.2) is 17.9 Å². The molecular formula is C19H19FN2O2. The number of para-hydroxylation sites is 1. The molecule has 5 heteroatoms. The summed E-state index contributed by atoms with van der Waals surface area (Å²) in [5.41, 5.74) is 2.48. The van der Waals surface area contributed by atoms with E-state index in [4.69, 9.17) is 0 Å². The highest BCUT2D eigenvalue weighted by atomic mass is 19.1. The zero-order chi connectivity index (χ0) is 17.1. The van der Waals surface area contributed by atoms with Crippen molar-refractivity contribution in [2.24, 2.45) is 0 Å². The van der Waals surface area contributed by atoms with E-state index in [2.05, 4.69) is 5.32 Å². The molecule has 0 bridgehead atoms. The van der Waals surface area contributed by atoms with Crippen LogP contribution in [0.15, 0.2) is 48.5 Å². The van der Waals surface area contributed by atoms with E-state index < -0.39 is 6.04 Å². The average Bonchev–Trinajstić information content (AvgIpc) is 2.98. The maximum absolute atomic E-state index is 13.2. The summed E-state index contributed by atoms with van der Waals surface area (Å²) in [5, 5.41) is 2.81. The van der Waals surface area contributed by atoms with E-state index >= 15 is 0 Å². The number of nitrogens with zero attached hydrogens (tertiary/aromatic N) is 1. The summed E-state index contributed by atoms with van der Waals surface area (Å²) in [6, 6.07) is 13.1. The van der Waals surface area contributed by atoms with Crippen molar-refractivity contribution in [3.63, 3.8) is 0 Å². The SMILES string of the molecule is CCC(=O)N1c2ccccc2CC1C(=O)NCc1cccc(F)c1. The molecule has 0 fully saturated rings. The van der Waals surface area contributed by atoms with Gasteiger partial charge in [0, 0.05) is 25.1 Å². The number of nitrogens with one attached hydrogen (secondary N) is 1. The largest absolute Gasteiger partial charge is 0.350 e. The second-order valence-electron chi connectivity index (χ2n) is 5.81. The van der Waals surface area contributed by atoms with Crippen LogP contribution in [0.5, 0.6) is 0 Å². The molecule has 0 aromatic heterocycles. The number of amides is 2. The normalized spacial score (nSPS) is 15.9. The van der Waals surface area contributed by atoms with E-state index in [-0.39, 0.29) is 24.2 Å². The third-order valence-corrected chi connectivity index (χ3v) is 4.21. The van der Waals surface area contributed by atoms with Gasteiger partial charge in [0.05, 0.1) is 0 Å². The number of halogens is 1. The Kier molecular flexibility index (Phi) is 4.60. The van der Waals surface area contributed by atoms with Crippen LogP contribution in [0.2, 0.25) is 0 Å². The Hall–Kier alpha value is -2.69. The molecule has 0 saturated heterocycles. The number of fused-ring (bicyclic) bond motifs is 1. The van der Waals surface area contributed by atoms with E-state index in [1.807, 2.05) is 24.3 Å². The summed E-state index contributed by atoms with van der Waals surface area (Å²) in [5.74, 6) is -0.638. The number of carbonyl (C=O) groups excluding carboxylic acids is 2. The van der Waals surface area contributed by atoms with Gasteiger partial charge in [-0.25, -0.2) is 4.39 Å². The minimum absolute atomic E-state index is 0.0779. The Morgan fingerprint density at radius 1 is 1.21 bits per heavy atom. The van der Waals surface area contributed by atoms with Crippen molar-refractivity contribution in [1.82, 2.24) is 5.32 Å². The molecule has 0 radical (unpaired) electrons. The fraction of sp³-hybridized carbons (Fsp3) is 0.263. The van der Waals surface area contributed by atoms with E-state index in [0.717, 1.165) is 11.3 Å². The molecule has 1 aliphatic heterocycles. The highest BCUT2D eigenvalue weighted by Gasteiger charge is 2.37. The third-order valence-electron chi connectivity index (χ3n) is 4.21. The number of hydrogen-bond acceptors (Lipinski definition) is 2. The quantitative estimate of drug-likeness (QED) is 0.939. The summed E-state index contributed by atoms with van der Waals surface area (Å²) in [7, 11) is 0. The van der Waals surface area contributed by atoms with Crippen LogP contribution in [0.25, 0.3) is 0 Å². The molecule has 1 unspecified atom stereocenters. The van der Waals surface area contributed by atoms with Crippen LogP contribution >= 0.6 is 0 Å². The number of hydrogen-bond donors (Lipinski definition) is 1. The molecule has 2 aromatic rings. The van der Waals surface area contributed by atoms with Crippen LogP contribution < -0.4 is 10.2 Å². The van der Waals surface area contributed by atoms with Crippen molar-refractivity contribution in [3.8, 4) is 0 Å². The van der Waals surface area contributed by atoms with Gasteiger partial charge in [0.1, 0.15) is 11.9 Å². The second-order valence-corrected chi connectivity index (χ2v) is 5.81. The predicted octanol–water partition coefficient (Wildman–Crippen LogP) is 2.81. The van der Waals surface area contributed by atoms with Gasteiger partial charge in [0.25, 0.3) is 0 Å². The summed E-state index contributed by atoms with van der Waals surface area (Å²) in [4.78, 5) is 26.5. The lowest BCUT2D eigenvalue weighted by Crippen LogP contribution is -2.47. The lowest BCUT2D eigenvalue weighted by molar-refractivity contribution is -0.126. The van der Waals surface area contributed by atoms with E-state index in [9.17, 15) is 14.0 Å². The van der Waals surface area contributed by atoms with E-state index in [1.165, 1.54) is 12.1 Å². The van der Waals surface area contributed by atoms with Gasteiger partial charge in [0.15, 0.2) is 0 Å². The van der Waals surface area contributed by atoms with Gasteiger partial charge in [-0.1, -0.05) is 37.3 Å². The van der Waals surface area contributed by atoms with Crippen molar-refractivity contribution < 1.29 is 14.0 Å². The fourth-order valence-electron chi connectivity index (χ4n) is 3.03. The summed E-state index contributed by atoms with van der Waals surface area (Å²) in [6.07, 6.45) is 0.832. The van der Waals surface area contributed by atoms with Gasteiger partial charge in [0.2, 0.25) is 11.8 Å². The van der Waals surface area contributed by atoms with Crippen molar-refractivity contribution in [1.29, 1.82) is 0 Å². The number of anilines is 1. The molecule has 1 heterocycles. The first-order valence-electron chi connectivity index (χ1n) is 8.02. The summed E-state index contributed by atoms with van der Waals surface area (Å²) >= 11 is 0. The van der Waals surface area contributed by atoms with Crippen LogP contribution in [0.3, 0.4) is 0 Å². The zero-order valence-corrected chi connectivity index (χ0v) is 13.5. The van der Waals surface area contributed by atoms with Gasteiger partial charge in [-0.3, -0.25) is 14.5 Å². The molecule has 24 heavy (non-hydrogen) atoms. The second kappa shape index (κ2) is 6.83. The first-order chi connectivity index (χ1) is 11.6. The molecule has 0 spiro atoms. The first kappa shape index (κ1) is 16.2. The minimum atomic E-state index is -0.552. The fourth-order valence-corrected chi connectivity index (χ4v) is 3.03. The Labute approximate surface area is 140 Å². The van der Waals surface area contributed by atoms with Gasteiger partial charge in [-0.2, -0.15) is 0 Å². The van der Waals surface area contributed by atoms with Gasteiger partial charge in [-0.15, -0.1) is 0 Å². The monoisotopic (exact) mass is 326 g/mol. The molecule has 1 aliphatic rings. The Bertz CT molecular complexity index is 775. The minimum Gasteiger partial charge on any atom is -0.350 e. The standard InChI is InChI=1S/C19H19FN2O2/c1-2-18(23)22-16-9-4-3-7-14(16)11-17(22)19(24)21-12-13-6-5-8-15(20)10-13/h3-10,17H,2,11-12H2,1H3,(H,21,24). The summed E-state index contributed by atoms with van der Waals surface area (Å²) < 4.78 is 13.2. The highest BCUT2D eigenvalue weighted by molar-refractivity contribution is 6.03. The van der Waals surface area contributed by atoms with Crippen LogP contribution in [-0.2, 0) is 22.6 Å². The lowest BCUT2D eigenvalue weighted by Gasteiger charge is -2.24. The molecule has 3 rings (SSSR count). The van der Waals surface area contributed by atoms with Crippen molar-refractivity contribution in [2.75, 3.05) is 4.90 Å². The molecular weight excluding hydrogens is 307 g/mol. The number of rotatable bonds is 4. The smallest absolute Gasteiger partial charge is 0.243 e. The van der Waals surface area contributed by atoms with Crippen LogP contribution in [0.4, 0.5) is 10.1 Å². The molecule has 0 aliphatic carbocycles. The Balaban J connectivity index is 1.75. The maximum atomic E-state index is 13.2. The zero-order valence-electron chi connectivity index (χ0n) is 13.5.